The summed E-state index contributed by atoms with van der Waals surface area (Å²) in [5.74, 6) is -0.426. The van der Waals surface area contributed by atoms with Gasteiger partial charge in [0.1, 0.15) is 11.5 Å². The number of benzene rings is 2. The van der Waals surface area contributed by atoms with E-state index < -0.39 is 0 Å². The molecule has 8 heteroatoms. The van der Waals surface area contributed by atoms with Gasteiger partial charge < -0.3 is 9.30 Å². The summed E-state index contributed by atoms with van der Waals surface area (Å²) in [6.45, 7) is 2.05. The Hall–Kier alpha value is -2.49. The van der Waals surface area contributed by atoms with Gasteiger partial charge in [-0.2, -0.15) is 0 Å². The standard InChI is InChI=1S/C28H25ClFIN4O/c29-20-7-4-18(5-8-20)27-25(34-12-2-1-3-26(34)32-27)17-35-22-10-11-23(35)16-33(15-22)28(36)24-13-21(30)9-6-19(24)14-31/h1-9,12-13,22-23H,10-11,14-17H2. The number of piperazine rings is 1. The summed E-state index contributed by atoms with van der Waals surface area (Å²) in [5, 5.41) is 0.701. The zero-order valence-electron chi connectivity index (χ0n) is 19.6. The number of halogens is 3. The van der Waals surface area contributed by atoms with Crippen LogP contribution < -0.4 is 0 Å². The average molecular weight is 615 g/mol. The number of nitrogens with zero attached hydrogens (tertiary/aromatic N) is 4. The Balaban J connectivity index is 1.29. The molecule has 2 unspecified atom stereocenters. The van der Waals surface area contributed by atoms with E-state index in [-0.39, 0.29) is 23.8 Å². The van der Waals surface area contributed by atoms with Gasteiger partial charge in [-0.25, -0.2) is 9.37 Å². The van der Waals surface area contributed by atoms with E-state index in [1.54, 1.807) is 6.07 Å². The van der Waals surface area contributed by atoms with Gasteiger partial charge in [0.15, 0.2) is 0 Å². The summed E-state index contributed by atoms with van der Waals surface area (Å²) >= 11 is 8.37. The molecule has 5 nitrogen and oxygen atoms in total. The molecular weight excluding hydrogens is 590 g/mol. The van der Waals surface area contributed by atoms with Crippen molar-refractivity contribution in [1.82, 2.24) is 19.2 Å². The molecule has 6 rings (SSSR count). The number of imidazole rings is 1. The maximum atomic E-state index is 14.0. The lowest BCUT2D eigenvalue weighted by molar-refractivity contribution is 0.0418. The summed E-state index contributed by atoms with van der Waals surface area (Å²) in [6.07, 6.45) is 4.15. The highest BCUT2D eigenvalue weighted by atomic mass is 127. The number of rotatable bonds is 5. The predicted octanol–water partition coefficient (Wildman–Crippen LogP) is 6.22. The van der Waals surface area contributed by atoms with Crippen LogP contribution in [0.4, 0.5) is 4.39 Å². The van der Waals surface area contributed by atoms with Crippen molar-refractivity contribution in [2.75, 3.05) is 13.1 Å². The first kappa shape index (κ1) is 23.9. The number of hydrogen-bond acceptors (Lipinski definition) is 3. The first-order valence-electron chi connectivity index (χ1n) is 12.1. The number of amides is 1. The van der Waals surface area contributed by atoms with Crippen LogP contribution in [-0.2, 0) is 11.0 Å². The molecular formula is C28H25ClFIN4O. The Labute approximate surface area is 228 Å². The van der Waals surface area contributed by atoms with Crippen molar-refractivity contribution in [3.8, 4) is 11.3 Å². The number of pyridine rings is 1. The van der Waals surface area contributed by atoms with Crippen molar-refractivity contribution < 1.29 is 9.18 Å². The van der Waals surface area contributed by atoms with Crippen LogP contribution in [0.25, 0.3) is 16.9 Å². The van der Waals surface area contributed by atoms with Crippen molar-refractivity contribution in [2.45, 2.75) is 35.9 Å². The van der Waals surface area contributed by atoms with Crippen LogP contribution in [0.5, 0.6) is 0 Å². The van der Waals surface area contributed by atoms with E-state index in [9.17, 15) is 9.18 Å². The quantitative estimate of drug-likeness (QED) is 0.198. The van der Waals surface area contributed by atoms with Crippen LogP contribution in [-0.4, -0.2) is 50.3 Å². The molecule has 0 N–H and O–H groups in total. The lowest BCUT2D eigenvalue weighted by Gasteiger charge is -2.41. The van der Waals surface area contributed by atoms with Gasteiger partial charge in [0.25, 0.3) is 5.91 Å². The summed E-state index contributed by atoms with van der Waals surface area (Å²) in [6, 6.07) is 19.0. The maximum absolute atomic E-state index is 14.0. The molecule has 0 saturated carbocycles. The number of carbonyl (C=O) groups excluding carboxylic acids is 1. The molecule has 36 heavy (non-hydrogen) atoms. The Morgan fingerprint density at radius 1 is 1.06 bits per heavy atom. The molecule has 0 spiro atoms. The normalized spacial score (nSPS) is 19.8. The number of aromatic nitrogens is 2. The zero-order valence-corrected chi connectivity index (χ0v) is 22.5. The first-order valence-corrected chi connectivity index (χ1v) is 14.0. The van der Waals surface area contributed by atoms with E-state index in [4.69, 9.17) is 16.6 Å². The predicted molar refractivity (Wildman–Crippen MR) is 148 cm³/mol. The number of alkyl halides is 1. The maximum Gasteiger partial charge on any atom is 0.254 e. The molecule has 2 saturated heterocycles. The van der Waals surface area contributed by atoms with Crippen LogP contribution in [0.1, 0.15) is 34.5 Å². The lowest BCUT2D eigenvalue weighted by Crippen LogP contribution is -2.55. The van der Waals surface area contributed by atoms with E-state index >= 15 is 0 Å². The van der Waals surface area contributed by atoms with E-state index in [1.165, 1.54) is 12.1 Å². The molecule has 1 amide bonds. The minimum atomic E-state index is -0.365. The second-order valence-electron chi connectivity index (χ2n) is 9.55. The number of likely N-dealkylation sites (tertiary alicyclic amines) is 1. The summed E-state index contributed by atoms with van der Waals surface area (Å²) in [5.41, 5.74) is 5.43. The Kier molecular flexibility index (Phi) is 6.47. The second kappa shape index (κ2) is 9.76. The SMILES string of the molecule is O=C(c1cc(F)ccc1CI)N1CC2CCC(C1)N2Cc1c(-c2ccc(Cl)cc2)nc2ccccn12. The van der Waals surface area contributed by atoms with Crippen molar-refractivity contribution in [3.63, 3.8) is 0 Å². The Morgan fingerprint density at radius 3 is 2.53 bits per heavy atom. The minimum Gasteiger partial charge on any atom is -0.335 e. The third-order valence-corrected chi connectivity index (χ3v) is 8.52. The fourth-order valence-corrected chi connectivity index (χ4v) is 6.45. The highest BCUT2D eigenvalue weighted by molar-refractivity contribution is 14.1. The number of carbonyl (C=O) groups is 1. The van der Waals surface area contributed by atoms with E-state index in [1.807, 2.05) is 47.4 Å². The van der Waals surface area contributed by atoms with Gasteiger partial charge >= 0.3 is 0 Å². The molecule has 4 heterocycles. The van der Waals surface area contributed by atoms with Gasteiger partial charge in [0.05, 0.1) is 11.4 Å². The fourth-order valence-electron chi connectivity index (χ4n) is 5.66. The number of fused-ring (bicyclic) bond motifs is 3. The topological polar surface area (TPSA) is 40.9 Å². The Bertz CT molecular complexity index is 1430. The van der Waals surface area contributed by atoms with Gasteiger partial charge in [-0.05, 0) is 54.8 Å². The third-order valence-electron chi connectivity index (χ3n) is 7.45. The van der Waals surface area contributed by atoms with Gasteiger partial charge in [0.2, 0.25) is 0 Å². The lowest BCUT2D eigenvalue weighted by atomic mass is 10.0. The molecule has 2 aliphatic heterocycles. The molecule has 2 aliphatic rings. The molecule has 184 valence electrons. The minimum absolute atomic E-state index is 0.0608. The third kappa shape index (κ3) is 4.31. The highest BCUT2D eigenvalue weighted by Gasteiger charge is 2.42. The summed E-state index contributed by atoms with van der Waals surface area (Å²) in [7, 11) is 0. The van der Waals surface area contributed by atoms with Crippen molar-refractivity contribution in [2.24, 2.45) is 0 Å². The van der Waals surface area contributed by atoms with E-state index in [2.05, 4.69) is 38.1 Å². The van der Waals surface area contributed by atoms with E-state index in [0.29, 0.717) is 28.1 Å². The highest BCUT2D eigenvalue weighted by Crippen LogP contribution is 2.35. The van der Waals surface area contributed by atoms with Crippen molar-refractivity contribution in [3.05, 3.63) is 94.5 Å². The molecule has 2 bridgehead atoms. The van der Waals surface area contributed by atoms with Gasteiger partial charge in [0, 0.05) is 58.5 Å². The molecule has 2 aromatic carbocycles. The van der Waals surface area contributed by atoms with Crippen LogP contribution in [0.15, 0.2) is 66.9 Å². The smallest absolute Gasteiger partial charge is 0.254 e. The van der Waals surface area contributed by atoms with Crippen LogP contribution in [0.2, 0.25) is 5.02 Å². The van der Waals surface area contributed by atoms with Gasteiger partial charge in [-0.1, -0.05) is 58.5 Å². The van der Waals surface area contributed by atoms with Gasteiger partial charge in [-0.15, -0.1) is 0 Å². The molecule has 2 aromatic heterocycles. The molecule has 0 aliphatic carbocycles. The molecule has 0 radical (unpaired) electrons. The van der Waals surface area contributed by atoms with Crippen LogP contribution in [0.3, 0.4) is 0 Å². The summed E-state index contributed by atoms with van der Waals surface area (Å²) < 4.78 is 16.8. The number of hydrogen-bond donors (Lipinski definition) is 0. The molecule has 4 aromatic rings. The largest absolute Gasteiger partial charge is 0.335 e. The van der Waals surface area contributed by atoms with Gasteiger partial charge in [-0.3, -0.25) is 9.69 Å². The fraction of sp³-hybridized carbons (Fsp3) is 0.286. The molecule has 2 fully saturated rings. The summed E-state index contributed by atoms with van der Waals surface area (Å²) in [4.78, 5) is 22.8. The monoisotopic (exact) mass is 614 g/mol. The first-order chi connectivity index (χ1) is 17.5. The zero-order chi connectivity index (χ0) is 24.8. The Morgan fingerprint density at radius 2 is 1.81 bits per heavy atom. The van der Waals surface area contributed by atoms with Crippen molar-refractivity contribution >= 4 is 45.7 Å². The average Bonchev–Trinajstić information content (AvgIpc) is 3.36. The molecule has 2 atom stereocenters. The van der Waals surface area contributed by atoms with E-state index in [0.717, 1.165) is 47.5 Å². The van der Waals surface area contributed by atoms with Crippen LogP contribution in [0, 0.1) is 5.82 Å². The second-order valence-corrected chi connectivity index (χ2v) is 10.7. The van der Waals surface area contributed by atoms with Crippen molar-refractivity contribution in [1.29, 1.82) is 0 Å². The van der Waals surface area contributed by atoms with Crippen LogP contribution >= 0.6 is 34.2 Å².